The third kappa shape index (κ3) is 4.61. The average molecular weight is 283 g/mol. The van der Waals surface area contributed by atoms with Crippen LogP contribution in [0.25, 0.3) is 0 Å². The normalized spacial score (nSPS) is 10.1. The lowest BCUT2D eigenvalue weighted by molar-refractivity contribution is -0.394. The molecule has 0 aliphatic heterocycles. The van der Waals surface area contributed by atoms with E-state index in [1.807, 2.05) is 0 Å². The Morgan fingerprint density at radius 1 is 1.20 bits per heavy atom. The van der Waals surface area contributed by atoms with Gasteiger partial charge in [0.15, 0.2) is 0 Å². The van der Waals surface area contributed by atoms with Gasteiger partial charge < -0.3 is 10.1 Å². The highest BCUT2D eigenvalue weighted by molar-refractivity contribution is 5.69. The van der Waals surface area contributed by atoms with Crippen molar-refractivity contribution in [2.24, 2.45) is 0 Å². The van der Waals surface area contributed by atoms with Crippen molar-refractivity contribution >= 4 is 17.3 Å². The maximum atomic E-state index is 11.3. The molecule has 0 unspecified atom stereocenters. The molecule has 1 rings (SSSR count). The molecule has 108 valence electrons. The number of benzene rings is 1. The van der Waals surface area contributed by atoms with Crippen molar-refractivity contribution < 1.29 is 19.4 Å². The van der Waals surface area contributed by atoms with Gasteiger partial charge in [0.1, 0.15) is 6.61 Å². The first-order valence-corrected chi connectivity index (χ1v) is 5.67. The number of esters is 1. The molecule has 20 heavy (non-hydrogen) atoms. The van der Waals surface area contributed by atoms with Crippen LogP contribution in [-0.2, 0) is 16.1 Å². The van der Waals surface area contributed by atoms with Gasteiger partial charge in [0.2, 0.25) is 0 Å². The van der Waals surface area contributed by atoms with Gasteiger partial charge in [0.25, 0.3) is 11.4 Å². The van der Waals surface area contributed by atoms with Crippen LogP contribution in [0.1, 0.15) is 12.0 Å². The first kappa shape index (κ1) is 15.5. The number of ether oxygens (including phenoxy) is 1. The fourth-order valence-electron chi connectivity index (χ4n) is 1.41. The molecule has 0 heterocycles. The lowest BCUT2D eigenvalue weighted by atomic mass is 10.2. The van der Waals surface area contributed by atoms with Gasteiger partial charge in [0.05, 0.1) is 22.3 Å². The second-order valence-electron chi connectivity index (χ2n) is 3.89. The largest absolute Gasteiger partial charge is 0.461 e. The van der Waals surface area contributed by atoms with E-state index in [-0.39, 0.29) is 18.6 Å². The van der Waals surface area contributed by atoms with Crippen molar-refractivity contribution in [2.45, 2.75) is 13.0 Å². The lowest BCUT2D eigenvalue weighted by Crippen LogP contribution is -2.14. The molecule has 9 nitrogen and oxygen atoms in total. The van der Waals surface area contributed by atoms with Crippen LogP contribution in [0.5, 0.6) is 0 Å². The molecular formula is C11H13N3O6. The smallest absolute Gasteiger partial charge is 0.307 e. The van der Waals surface area contributed by atoms with Gasteiger partial charge in [-0.25, -0.2) is 0 Å². The summed E-state index contributed by atoms with van der Waals surface area (Å²) in [5.74, 6) is -0.492. The van der Waals surface area contributed by atoms with Crippen LogP contribution in [0, 0.1) is 20.2 Å². The van der Waals surface area contributed by atoms with Crippen molar-refractivity contribution in [3.05, 3.63) is 44.0 Å². The zero-order chi connectivity index (χ0) is 15.1. The van der Waals surface area contributed by atoms with Gasteiger partial charge in [-0.2, -0.15) is 0 Å². The van der Waals surface area contributed by atoms with Crippen LogP contribution < -0.4 is 5.32 Å². The van der Waals surface area contributed by atoms with Crippen LogP contribution in [0.4, 0.5) is 11.4 Å². The monoisotopic (exact) mass is 283 g/mol. The highest BCUT2D eigenvalue weighted by Gasteiger charge is 2.17. The molecule has 1 aromatic rings. The number of carbonyl (C=O) groups excluding carboxylic acids is 1. The van der Waals surface area contributed by atoms with Crippen molar-refractivity contribution in [3.63, 3.8) is 0 Å². The number of nitrogens with zero attached hydrogens (tertiary/aromatic N) is 2. The molecule has 0 atom stereocenters. The molecule has 1 N–H and O–H groups in total. The average Bonchev–Trinajstić information content (AvgIpc) is 2.42. The topological polar surface area (TPSA) is 125 Å². The second-order valence-corrected chi connectivity index (χ2v) is 3.89. The van der Waals surface area contributed by atoms with E-state index in [1.54, 1.807) is 7.05 Å². The zero-order valence-corrected chi connectivity index (χ0v) is 10.7. The summed E-state index contributed by atoms with van der Waals surface area (Å²) in [4.78, 5) is 31.2. The summed E-state index contributed by atoms with van der Waals surface area (Å²) in [5.41, 5.74) is -0.635. The minimum Gasteiger partial charge on any atom is -0.461 e. The highest BCUT2D eigenvalue weighted by atomic mass is 16.6. The number of rotatable bonds is 7. The summed E-state index contributed by atoms with van der Waals surface area (Å²) in [6.45, 7) is 0.193. The second kappa shape index (κ2) is 7.14. The minimum atomic E-state index is -0.737. The third-order valence-corrected chi connectivity index (χ3v) is 2.36. The Morgan fingerprint density at radius 3 is 2.20 bits per heavy atom. The van der Waals surface area contributed by atoms with Crippen LogP contribution >= 0.6 is 0 Å². The summed E-state index contributed by atoms with van der Waals surface area (Å²) in [6, 6.07) is 3.13. The van der Waals surface area contributed by atoms with Crippen molar-refractivity contribution in [2.75, 3.05) is 13.6 Å². The van der Waals surface area contributed by atoms with E-state index < -0.39 is 27.2 Å². The molecule has 0 saturated heterocycles. The molecule has 0 aromatic heterocycles. The molecular weight excluding hydrogens is 270 g/mol. The molecule has 1 aromatic carbocycles. The van der Waals surface area contributed by atoms with Gasteiger partial charge in [-0.3, -0.25) is 25.0 Å². The standard InChI is InChI=1S/C11H13N3O6/c1-12-3-2-11(15)20-7-8-4-9(13(16)17)6-10(5-8)14(18)19/h4-6,12H,2-3,7H2,1H3. The zero-order valence-electron chi connectivity index (χ0n) is 10.7. The number of nitro groups is 2. The molecule has 0 amide bonds. The van der Waals surface area contributed by atoms with E-state index in [1.165, 1.54) is 0 Å². The summed E-state index contributed by atoms with van der Waals surface area (Å²) >= 11 is 0. The molecule has 0 aliphatic carbocycles. The summed E-state index contributed by atoms with van der Waals surface area (Å²) in [5, 5.41) is 24.1. The van der Waals surface area contributed by atoms with Crippen LogP contribution in [0.3, 0.4) is 0 Å². The summed E-state index contributed by atoms with van der Waals surface area (Å²) < 4.78 is 4.88. The Morgan fingerprint density at radius 2 is 1.75 bits per heavy atom. The van der Waals surface area contributed by atoms with Crippen molar-refractivity contribution in [1.82, 2.24) is 5.32 Å². The molecule has 0 bridgehead atoms. The maximum Gasteiger partial charge on any atom is 0.307 e. The number of hydrogen-bond donors (Lipinski definition) is 1. The first-order valence-electron chi connectivity index (χ1n) is 5.67. The van der Waals surface area contributed by atoms with E-state index >= 15 is 0 Å². The Bertz CT molecular complexity index is 499. The Hall–Kier alpha value is -2.55. The van der Waals surface area contributed by atoms with E-state index in [0.717, 1.165) is 18.2 Å². The number of nitro benzene ring substituents is 2. The third-order valence-electron chi connectivity index (χ3n) is 2.36. The van der Waals surface area contributed by atoms with Crippen LogP contribution in [0.2, 0.25) is 0 Å². The van der Waals surface area contributed by atoms with Gasteiger partial charge >= 0.3 is 5.97 Å². The number of hydrogen-bond acceptors (Lipinski definition) is 7. The maximum absolute atomic E-state index is 11.3. The van der Waals surface area contributed by atoms with Crippen LogP contribution in [0.15, 0.2) is 18.2 Å². The first-order chi connectivity index (χ1) is 9.43. The van der Waals surface area contributed by atoms with Crippen molar-refractivity contribution in [1.29, 1.82) is 0 Å². The Kier molecular flexibility index (Phi) is 5.54. The molecule has 0 saturated carbocycles. The van der Waals surface area contributed by atoms with Gasteiger partial charge in [0, 0.05) is 24.2 Å². The van der Waals surface area contributed by atoms with E-state index in [0.29, 0.717) is 6.54 Å². The Balaban J connectivity index is 2.81. The molecule has 0 aliphatic rings. The minimum absolute atomic E-state index is 0.146. The molecule has 0 fully saturated rings. The fraction of sp³-hybridized carbons (Fsp3) is 0.364. The van der Waals surface area contributed by atoms with Crippen molar-refractivity contribution in [3.8, 4) is 0 Å². The lowest BCUT2D eigenvalue weighted by Gasteiger charge is -2.05. The van der Waals surface area contributed by atoms with E-state index in [4.69, 9.17) is 4.74 Å². The summed E-state index contributed by atoms with van der Waals surface area (Å²) in [6.07, 6.45) is 0.146. The molecule has 0 radical (unpaired) electrons. The predicted molar refractivity (Wildman–Crippen MR) is 68.1 cm³/mol. The number of non-ortho nitro benzene ring substituents is 2. The Labute approximate surface area is 113 Å². The van der Waals surface area contributed by atoms with Crippen LogP contribution in [-0.4, -0.2) is 29.4 Å². The van der Waals surface area contributed by atoms with E-state index in [2.05, 4.69) is 5.32 Å². The predicted octanol–water partition coefficient (Wildman–Crippen LogP) is 1.16. The van der Waals surface area contributed by atoms with Gasteiger partial charge in [-0.05, 0) is 7.05 Å². The number of nitrogens with one attached hydrogen (secondary N) is 1. The quantitative estimate of drug-likeness (QED) is 0.452. The molecule has 0 spiro atoms. The molecule has 9 heteroatoms. The number of carbonyl (C=O) groups is 1. The fourth-order valence-corrected chi connectivity index (χ4v) is 1.41. The highest BCUT2D eigenvalue weighted by Crippen LogP contribution is 2.23. The SMILES string of the molecule is CNCCC(=O)OCc1cc([N+](=O)[O-])cc([N+](=O)[O-])c1. The summed E-state index contributed by atoms with van der Waals surface area (Å²) in [7, 11) is 1.68. The van der Waals surface area contributed by atoms with Gasteiger partial charge in [-0.15, -0.1) is 0 Å². The van der Waals surface area contributed by atoms with E-state index in [9.17, 15) is 25.0 Å². The van der Waals surface area contributed by atoms with Gasteiger partial charge in [-0.1, -0.05) is 0 Å².